The standard InChI is InChI=1S/C12H13ClN4O2/c1-7-5-9(6-10(13)15-7)12(18)14-4-3-11-16-8(2)19-17-11/h5-6H,3-4H2,1-2H3,(H,14,18). The van der Waals surface area contributed by atoms with E-state index in [1.807, 2.05) is 0 Å². The molecular formula is C12H13ClN4O2. The van der Waals surface area contributed by atoms with E-state index in [9.17, 15) is 4.79 Å². The van der Waals surface area contributed by atoms with E-state index in [1.54, 1.807) is 19.9 Å². The Hall–Kier alpha value is -1.95. The fourth-order valence-corrected chi connectivity index (χ4v) is 1.84. The van der Waals surface area contributed by atoms with E-state index in [0.717, 1.165) is 0 Å². The predicted octanol–water partition coefficient (Wildman–Crippen LogP) is 1.71. The first-order valence-electron chi connectivity index (χ1n) is 5.76. The third-order valence-electron chi connectivity index (χ3n) is 2.39. The van der Waals surface area contributed by atoms with Crippen molar-refractivity contribution in [1.29, 1.82) is 0 Å². The molecule has 0 unspecified atom stereocenters. The molecule has 0 aromatic carbocycles. The quantitative estimate of drug-likeness (QED) is 0.862. The van der Waals surface area contributed by atoms with E-state index >= 15 is 0 Å². The van der Waals surface area contributed by atoms with Crippen LogP contribution in [0.15, 0.2) is 16.7 Å². The number of nitrogens with one attached hydrogen (secondary N) is 1. The molecule has 0 radical (unpaired) electrons. The molecule has 0 saturated carbocycles. The van der Waals surface area contributed by atoms with Crippen molar-refractivity contribution >= 4 is 17.5 Å². The normalized spacial score (nSPS) is 10.5. The van der Waals surface area contributed by atoms with Crippen LogP contribution >= 0.6 is 11.6 Å². The van der Waals surface area contributed by atoms with Crippen LogP contribution in [-0.2, 0) is 6.42 Å². The minimum atomic E-state index is -0.201. The monoisotopic (exact) mass is 280 g/mol. The lowest BCUT2D eigenvalue weighted by Crippen LogP contribution is -2.26. The molecule has 7 heteroatoms. The zero-order chi connectivity index (χ0) is 13.8. The second-order valence-corrected chi connectivity index (χ2v) is 4.44. The molecule has 0 atom stereocenters. The summed E-state index contributed by atoms with van der Waals surface area (Å²) in [7, 11) is 0. The Bertz CT molecular complexity index is 577. The molecule has 0 aliphatic rings. The Morgan fingerprint density at radius 2 is 2.16 bits per heavy atom. The molecule has 2 rings (SSSR count). The molecule has 2 aromatic rings. The van der Waals surface area contributed by atoms with Crippen LogP contribution in [-0.4, -0.2) is 27.6 Å². The molecule has 0 saturated heterocycles. The molecule has 0 fully saturated rings. The highest BCUT2D eigenvalue weighted by Gasteiger charge is 2.08. The van der Waals surface area contributed by atoms with E-state index in [0.29, 0.717) is 41.1 Å². The van der Waals surface area contributed by atoms with Crippen LogP contribution in [0, 0.1) is 13.8 Å². The number of carbonyl (C=O) groups is 1. The van der Waals surface area contributed by atoms with Gasteiger partial charge in [0.05, 0.1) is 0 Å². The third kappa shape index (κ3) is 3.75. The summed E-state index contributed by atoms with van der Waals surface area (Å²) >= 11 is 5.80. The average molecular weight is 281 g/mol. The fraction of sp³-hybridized carbons (Fsp3) is 0.333. The minimum absolute atomic E-state index is 0.201. The Morgan fingerprint density at radius 3 is 2.79 bits per heavy atom. The van der Waals surface area contributed by atoms with E-state index < -0.39 is 0 Å². The highest BCUT2D eigenvalue weighted by molar-refractivity contribution is 6.29. The predicted molar refractivity (Wildman–Crippen MR) is 69.1 cm³/mol. The Kier molecular flexibility index (Phi) is 4.11. The third-order valence-corrected chi connectivity index (χ3v) is 2.58. The highest BCUT2D eigenvalue weighted by atomic mass is 35.5. The topological polar surface area (TPSA) is 80.9 Å². The van der Waals surface area contributed by atoms with Crippen molar-refractivity contribution in [2.45, 2.75) is 20.3 Å². The van der Waals surface area contributed by atoms with Gasteiger partial charge in [0.15, 0.2) is 5.82 Å². The molecule has 100 valence electrons. The smallest absolute Gasteiger partial charge is 0.251 e. The molecule has 2 aromatic heterocycles. The first kappa shape index (κ1) is 13.5. The summed E-state index contributed by atoms with van der Waals surface area (Å²) in [5, 5.41) is 6.81. The zero-order valence-electron chi connectivity index (χ0n) is 10.6. The van der Waals surface area contributed by atoms with Crippen molar-refractivity contribution in [2.24, 2.45) is 0 Å². The molecule has 6 nitrogen and oxygen atoms in total. The van der Waals surface area contributed by atoms with Crippen molar-refractivity contribution in [2.75, 3.05) is 6.54 Å². The summed E-state index contributed by atoms with van der Waals surface area (Å²) in [6.45, 7) is 3.93. The number of rotatable bonds is 4. The van der Waals surface area contributed by atoms with Gasteiger partial charge in [0.2, 0.25) is 5.89 Å². The summed E-state index contributed by atoms with van der Waals surface area (Å²) in [4.78, 5) is 19.9. The Labute approximate surface area is 115 Å². The molecular weight excluding hydrogens is 268 g/mol. The second kappa shape index (κ2) is 5.79. The van der Waals surface area contributed by atoms with Gasteiger partial charge in [-0.2, -0.15) is 4.98 Å². The van der Waals surface area contributed by atoms with Crippen LogP contribution in [0.2, 0.25) is 5.15 Å². The van der Waals surface area contributed by atoms with Gasteiger partial charge in [-0.15, -0.1) is 0 Å². The van der Waals surface area contributed by atoms with Gasteiger partial charge < -0.3 is 9.84 Å². The fourth-order valence-electron chi connectivity index (χ4n) is 1.59. The molecule has 1 amide bonds. The van der Waals surface area contributed by atoms with Crippen LogP contribution in [0.25, 0.3) is 0 Å². The van der Waals surface area contributed by atoms with Gasteiger partial charge in [-0.25, -0.2) is 4.98 Å². The van der Waals surface area contributed by atoms with Crippen molar-refractivity contribution in [3.8, 4) is 0 Å². The van der Waals surface area contributed by atoms with Crippen molar-refractivity contribution in [1.82, 2.24) is 20.4 Å². The SMILES string of the molecule is Cc1cc(C(=O)NCCc2noc(C)n2)cc(Cl)n1. The number of hydrogen-bond donors (Lipinski definition) is 1. The molecule has 2 heterocycles. The van der Waals surface area contributed by atoms with Gasteiger partial charge in [0, 0.05) is 31.1 Å². The Morgan fingerprint density at radius 1 is 1.37 bits per heavy atom. The van der Waals surface area contributed by atoms with Crippen LogP contribution in [0.5, 0.6) is 0 Å². The van der Waals surface area contributed by atoms with E-state index in [4.69, 9.17) is 16.1 Å². The summed E-state index contributed by atoms with van der Waals surface area (Å²) in [6.07, 6.45) is 0.515. The van der Waals surface area contributed by atoms with Crippen LogP contribution in [0.1, 0.15) is 27.8 Å². The average Bonchev–Trinajstić information content (AvgIpc) is 2.73. The number of nitrogens with zero attached hydrogens (tertiary/aromatic N) is 3. The van der Waals surface area contributed by atoms with Gasteiger partial charge in [-0.1, -0.05) is 16.8 Å². The largest absolute Gasteiger partial charge is 0.352 e. The van der Waals surface area contributed by atoms with Crippen molar-refractivity contribution < 1.29 is 9.32 Å². The van der Waals surface area contributed by atoms with Gasteiger partial charge in [-0.05, 0) is 19.1 Å². The molecule has 19 heavy (non-hydrogen) atoms. The first-order valence-corrected chi connectivity index (χ1v) is 6.14. The minimum Gasteiger partial charge on any atom is -0.352 e. The van der Waals surface area contributed by atoms with Gasteiger partial charge >= 0.3 is 0 Å². The Balaban J connectivity index is 1.90. The lowest BCUT2D eigenvalue weighted by atomic mass is 10.2. The van der Waals surface area contributed by atoms with Crippen LogP contribution in [0.3, 0.4) is 0 Å². The number of amides is 1. The first-order chi connectivity index (χ1) is 9.04. The molecule has 0 spiro atoms. The number of carbonyl (C=O) groups excluding carboxylic acids is 1. The highest BCUT2D eigenvalue weighted by Crippen LogP contribution is 2.10. The zero-order valence-corrected chi connectivity index (χ0v) is 11.4. The molecule has 0 aliphatic carbocycles. The van der Waals surface area contributed by atoms with Crippen molar-refractivity contribution in [3.05, 3.63) is 40.3 Å². The number of pyridine rings is 1. The van der Waals surface area contributed by atoms with Gasteiger partial charge in [0.25, 0.3) is 5.91 Å². The second-order valence-electron chi connectivity index (χ2n) is 4.06. The summed E-state index contributed by atoms with van der Waals surface area (Å²) < 4.78 is 4.84. The van der Waals surface area contributed by atoms with Crippen LogP contribution < -0.4 is 5.32 Å². The number of aryl methyl sites for hydroxylation is 2. The maximum atomic E-state index is 11.9. The number of hydrogen-bond acceptors (Lipinski definition) is 5. The van der Waals surface area contributed by atoms with Gasteiger partial charge in [0.1, 0.15) is 5.15 Å². The van der Waals surface area contributed by atoms with Gasteiger partial charge in [-0.3, -0.25) is 4.79 Å². The molecule has 1 N–H and O–H groups in total. The number of halogens is 1. The lowest BCUT2D eigenvalue weighted by molar-refractivity contribution is 0.0953. The lowest BCUT2D eigenvalue weighted by Gasteiger charge is -2.04. The van der Waals surface area contributed by atoms with E-state index in [2.05, 4.69) is 20.4 Å². The molecule has 0 bridgehead atoms. The summed E-state index contributed by atoms with van der Waals surface area (Å²) in [5.74, 6) is 0.882. The maximum absolute atomic E-state index is 11.9. The maximum Gasteiger partial charge on any atom is 0.251 e. The summed E-state index contributed by atoms with van der Waals surface area (Å²) in [5.41, 5.74) is 1.19. The van der Waals surface area contributed by atoms with E-state index in [1.165, 1.54) is 6.07 Å². The molecule has 0 aliphatic heterocycles. The van der Waals surface area contributed by atoms with E-state index in [-0.39, 0.29) is 5.91 Å². The van der Waals surface area contributed by atoms with Crippen LogP contribution in [0.4, 0.5) is 0 Å². The van der Waals surface area contributed by atoms with Crippen molar-refractivity contribution in [3.63, 3.8) is 0 Å². The number of aromatic nitrogens is 3. The summed E-state index contributed by atoms with van der Waals surface area (Å²) in [6, 6.07) is 3.21.